The number of hydrazone groups is 1. The van der Waals surface area contributed by atoms with E-state index in [1.54, 1.807) is 0 Å². The number of rotatable bonds is 2. The van der Waals surface area contributed by atoms with Gasteiger partial charge in [0, 0.05) is 11.6 Å². The molecular formula is C11H21N3O. The van der Waals surface area contributed by atoms with Gasteiger partial charge in [-0.25, -0.2) is 10.2 Å². The summed E-state index contributed by atoms with van der Waals surface area (Å²) in [4.78, 5) is 10.5. The van der Waals surface area contributed by atoms with Crippen molar-refractivity contribution in [2.45, 2.75) is 41.0 Å². The number of nitrogens with two attached hydrogens (primary N) is 1. The van der Waals surface area contributed by atoms with Gasteiger partial charge in [0.15, 0.2) is 0 Å². The number of primary amides is 1. The number of nitrogens with zero attached hydrogens (tertiary/aromatic N) is 1. The van der Waals surface area contributed by atoms with Gasteiger partial charge in [0.1, 0.15) is 0 Å². The molecule has 0 aromatic rings. The SMILES string of the molecule is C/C(=N\NC(N)=O)[C@@H]1C[C@@]1(C)C(C)(C)C. The monoisotopic (exact) mass is 211 g/mol. The summed E-state index contributed by atoms with van der Waals surface area (Å²) in [7, 11) is 0. The smallest absolute Gasteiger partial charge is 0.332 e. The van der Waals surface area contributed by atoms with Gasteiger partial charge in [0.05, 0.1) is 0 Å². The maximum absolute atomic E-state index is 10.5. The first kappa shape index (κ1) is 12.0. The van der Waals surface area contributed by atoms with Crippen molar-refractivity contribution >= 4 is 11.7 Å². The Labute approximate surface area is 91.3 Å². The van der Waals surface area contributed by atoms with Crippen molar-refractivity contribution in [3.8, 4) is 0 Å². The number of hydrogen-bond donors (Lipinski definition) is 2. The molecule has 3 N–H and O–H groups in total. The predicted octanol–water partition coefficient (Wildman–Crippen LogP) is 2.10. The highest BCUT2D eigenvalue weighted by Gasteiger charge is 2.58. The molecule has 0 radical (unpaired) electrons. The molecule has 0 aliphatic heterocycles. The molecule has 2 atom stereocenters. The van der Waals surface area contributed by atoms with E-state index in [2.05, 4.69) is 38.2 Å². The van der Waals surface area contributed by atoms with Gasteiger partial charge in [0.2, 0.25) is 0 Å². The van der Waals surface area contributed by atoms with Crippen molar-refractivity contribution in [1.82, 2.24) is 5.43 Å². The van der Waals surface area contributed by atoms with E-state index in [9.17, 15) is 4.79 Å². The van der Waals surface area contributed by atoms with Crippen molar-refractivity contribution < 1.29 is 4.79 Å². The number of amides is 2. The highest BCUT2D eigenvalue weighted by atomic mass is 16.2. The molecule has 4 heteroatoms. The third-order valence-corrected chi connectivity index (χ3v) is 3.80. The minimum atomic E-state index is -0.604. The minimum absolute atomic E-state index is 0.265. The fourth-order valence-electron chi connectivity index (χ4n) is 2.02. The van der Waals surface area contributed by atoms with Gasteiger partial charge in [0.25, 0.3) is 0 Å². The second-order valence-electron chi connectivity index (χ2n) is 5.65. The number of hydrogen-bond acceptors (Lipinski definition) is 2. The normalized spacial score (nSPS) is 31.3. The summed E-state index contributed by atoms with van der Waals surface area (Å²) in [6.07, 6.45) is 1.13. The van der Waals surface area contributed by atoms with Crippen LogP contribution >= 0.6 is 0 Å². The molecule has 0 aromatic carbocycles. The topological polar surface area (TPSA) is 67.5 Å². The van der Waals surface area contributed by atoms with E-state index in [1.165, 1.54) is 0 Å². The quantitative estimate of drug-likeness (QED) is 0.533. The number of urea groups is 1. The molecule has 15 heavy (non-hydrogen) atoms. The van der Waals surface area contributed by atoms with Crippen LogP contribution in [0.1, 0.15) is 41.0 Å². The van der Waals surface area contributed by atoms with Crippen LogP contribution in [0.25, 0.3) is 0 Å². The van der Waals surface area contributed by atoms with Gasteiger partial charge in [-0.15, -0.1) is 0 Å². The van der Waals surface area contributed by atoms with E-state index in [-0.39, 0.29) is 5.41 Å². The first-order chi connectivity index (χ1) is 6.68. The average molecular weight is 211 g/mol. The molecule has 0 unspecified atom stereocenters. The van der Waals surface area contributed by atoms with Crippen LogP contribution in [0.4, 0.5) is 4.79 Å². The zero-order valence-electron chi connectivity index (χ0n) is 10.2. The molecule has 0 saturated heterocycles. The lowest BCUT2D eigenvalue weighted by molar-refractivity contribution is 0.226. The summed E-state index contributed by atoms with van der Waals surface area (Å²) in [6, 6.07) is -0.604. The molecule has 1 aliphatic rings. The molecule has 1 fully saturated rings. The molecule has 1 aliphatic carbocycles. The molecule has 86 valence electrons. The summed E-state index contributed by atoms with van der Waals surface area (Å²) in [5, 5.41) is 3.99. The Balaban J connectivity index is 2.64. The van der Waals surface area contributed by atoms with E-state index in [4.69, 9.17) is 5.73 Å². The van der Waals surface area contributed by atoms with Crippen LogP contribution in [-0.4, -0.2) is 11.7 Å². The van der Waals surface area contributed by atoms with E-state index in [1.807, 2.05) is 6.92 Å². The Morgan fingerprint density at radius 2 is 2.07 bits per heavy atom. The minimum Gasteiger partial charge on any atom is -0.350 e. The van der Waals surface area contributed by atoms with Gasteiger partial charge in [-0.2, -0.15) is 5.10 Å². The van der Waals surface area contributed by atoms with Crippen LogP contribution in [0, 0.1) is 16.7 Å². The second kappa shape index (κ2) is 3.51. The fraction of sp³-hybridized carbons (Fsp3) is 0.818. The van der Waals surface area contributed by atoms with Crippen LogP contribution < -0.4 is 11.2 Å². The number of carbonyl (C=O) groups is 1. The van der Waals surface area contributed by atoms with Crippen LogP contribution in [-0.2, 0) is 0 Å². The zero-order chi connectivity index (χ0) is 11.9. The predicted molar refractivity (Wildman–Crippen MR) is 61.5 cm³/mol. The lowest BCUT2D eigenvalue weighted by Crippen LogP contribution is -2.27. The first-order valence-corrected chi connectivity index (χ1v) is 5.28. The molecule has 0 spiro atoms. The lowest BCUT2D eigenvalue weighted by atomic mass is 9.77. The average Bonchev–Trinajstić information content (AvgIpc) is 2.74. The Kier molecular flexibility index (Phi) is 2.81. The van der Waals surface area contributed by atoms with Crippen LogP contribution in [0.3, 0.4) is 0 Å². The van der Waals surface area contributed by atoms with Gasteiger partial charge < -0.3 is 5.73 Å². The van der Waals surface area contributed by atoms with Gasteiger partial charge in [-0.3, -0.25) is 0 Å². The van der Waals surface area contributed by atoms with Gasteiger partial charge >= 0.3 is 6.03 Å². The van der Waals surface area contributed by atoms with E-state index >= 15 is 0 Å². The Morgan fingerprint density at radius 1 is 1.53 bits per heavy atom. The van der Waals surface area contributed by atoms with Crippen molar-refractivity contribution in [2.75, 3.05) is 0 Å². The molecular weight excluding hydrogens is 190 g/mol. The number of carbonyl (C=O) groups excluding carboxylic acids is 1. The van der Waals surface area contributed by atoms with Crippen LogP contribution in [0.5, 0.6) is 0 Å². The Hall–Kier alpha value is -1.06. The summed E-state index contributed by atoms with van der Waals surface area (Å²) in [5.74, 6) is 0.462. The van der Waals surface area contributed by atoms with Crippen molar-refractivity contribution in [3.05, 3.63) is 0 Å². The van der Waals surface area contributed by atoms with Gasteiger partial charge in [-0.05, 0) is 24.2 Å². The highest BCUT2D eigenvalue weighted by Crippen LogP contribution is 2.63. The summed E-state index contributed by atoms with van der Waals surface area (Å²) < 4.78 is 0. The Morgan fingerprint density at radius 3 is 2.40 bits per heavy atom. The zero-order valence-corrected chi connectivity index (χ0v) is 10.2. The molecule has 2 amide bonds. The molecule has 1 saturated carbocycles. The number of nitrogens with one attached hydrogen (secondary N) is 1. The van der Waals surface area contributed by atoms with Crippen molar-refractivity contribution in [2.24, 2.45) is 27.6 Å². The van der Waals surface area contributed by atoms with Gasteiger partial charge in [-0.1, -0.05) is 27.7 Å². The maximum Gasteiger partial charge on any atom is 0.332 e. The first-order valence-electron chi connectivity index (χ1n) is 5.28. The van der Waals surface area contributed by atoms with Crippen molar-refractivity contribution in [3.63, 3.8) is 0 Å². The summed E-state index contributed by atoms with van der Waals surface area (Å²) in [6.45, 7) is 10.9. The highest BCUT2D eigenvalue weighted by molar-refractivity contribution is 5.89. The molecule has 0 aromatic heterocycles. The van der Waals surface area contributed by atoms with E-state index in [0.29, 0.717) is 11.3 Å². The Bertz CT molecular complexity index is 303. The molecule has 0 heterocycles. The molecule has 0 bridgehead atoms. The van der Waals surface area contributed by atoms with Crippen LogP contribution in [0.2, 0.25) is 0 Å². The van der Waals surface area contributed by atoms with Crippen LogP contribution in [0.15, 0.2) is 5.10 Å². The lowest BCUT2D eigenvalue weighted by Gasteiger charge is -2.28. The largest absolute Gasteiger partial charge is 0.350 e. The van der Waals surface area contributed by atoms with E-state index in [0.717, 1.165) is 12.1 Å². The van der Waals surface area contributed by atoms with Crippen molar-refractivity contribution in [1.29, 1.82) is 0 Å². The summed E-state index contributed by atoms with van der Waals surface area (Å²) >= 11 is 0. The standard InChI is InChI=1S/C11H21N3O/c1-7(13-14-9(12)15)8-6-11(8,5)10(2,3)4/h8H,6H2,1-5H3,(H3,12,14,15)/b13-7+/t8-,11+/m0/s1. The molecule has 1 rings (SSSR count). The maximum atomic E-state index is 10.5. The third-order valence-electron chi connectivity index (χ3n) is 3.80. The second-order valence-corrected chi connectivity index (χ2v) is 5.65. The molecule has 4 nitrogen and oxygen atoms in total. The fourth-order valence-corrected chi connectivity index (χ4v) is 2.02. The summed E-state index contributed by atoms with van der Waals surface area (Å²) in [5.41, 5.74) is 8.76. The van der Waals surface area contributed by atoms with E-state index < -0.39 is 6.03 Å². The third kappa shape index (κ3) is 2.30.